The third kappa shape index (κ3) is 0.918. The highest BCUT2D eigenvalue weighted by Crippen LogP contribution is 2.80. The molecule has 0 aromatic heterocycles. The molecule has 4 aliphatic rings. The third-order valence-electron chi connectivity index (χ3n) is 6.93. The van der Waals surface area contributed by atoms with Crippen LogP contribution in [0.25, 0.3) is 0 Å². The second kappa shape index (κ2) is 2.82. The van der Waals surface area contributed by atoms with E-state index in [1.54, 1.807) is 0 Å². The van der Waals surface area contributed by atoms with Crippen molar-refractivity contribution in [3.05, 3.63) is 0 Å². The Bertz CT molecular complexity index is 414. The van der Waals surface area contributed by atoms with Crippen LogP contribution in [0.2, 0.25) is 0 Å². The number of hydrogen-bond donors (Lipinski definition) is 2. The predicted molar refractivity (Wildman–Crippen MR) is 67.0 cm³/mol. The molecule has 18 heavy (non-hydrogen) atoms. The van der Waals surface area contributed by atoms with Crippen LogP contribution >= 0.6 is 0 Å². The van der Waals surface area contributed by atoms with Crippen molar-refractivity contribution in [3.63, 3.8) is 0 Å². The van der Waals surface area contributed by atoms with E-state index in [1.807, 2.05) is 0 Å². The first-order valence-electron chi connectivity index (χ1n) is 7.31. The van der Waals surface area contributed by atoms with Crippen molar-refractivity contribution < 1.29 is 14.9 Å². The van der Waals surface area contributed by atoms with Crippen molar-refractivity contribution in [1.29, 1.82) is 0 Å². The fraction of sp³-hybridized carbons (Fsp3) is 1.00. The highest BCUT2D eigenvalue weighted by Gasteiger charge is 2.89. The van der Waals surface area contributed by atoms with Gasteiger partial charge in [0.25, 0.3) is 0 Å². The van der Waals surface area contributed by atoms with E-state index in [4.69, 9.17) is 4.74 Å². The summed E-state index contributed by atoms with van der Waals surface area (Å²) < 4.78 is 6.02. The molecule has 1 saturated heterocycles. The number of aliphatic hydroxyl groups excluding tert-OH is 2. The van der Waals surface area contributed by atoms with Gasteiger partial charge in [0.15, 0.2) is 0 Å². The summed E-state index contributed by atoms with van der Waals surface area (Å²) in [6.45, 7) is 6.93. The molecule has 3 nitrogen and oxygen atoms in total. The van der Waals surface area contributed by atoms with Crippen molar-refractivity contribution in [2.75, 3.05) is 6.61 Å². The Kier molecular flexibility index (Phi) is 1.83. The first kappa shape index (κ1) is 11.7. The van der Waals surface area contributed by atoms with Gasteiger partial charge in [-0.25, -0.2) is 0 Å². The van der Waals surface area contributed by atoms with Crippen molar-refractivity contribution >= 4 is 0 Å². The number of epoxide rings is 1. The highest BCUT2D eigenvalue weighted by molar-refractivity contribution is 5.36. The molecule has 0 aromatic carbocycles. The average molecular weight is 252 g/mol. The van der Waals surface area contributed by atoms with Crippen LogP contribution < -0.4 is 0 Å². The molecule has 1 spiro atoms. The lowest BCUT2D eigenvalue weighted by atomic mass is 9.44. The zero-order chi connectivity index (χ0) is 13.0. The smallest absolute Gasteiger partial charge is 0.147 e. The van der Waals surface area contributed by atoms with Crippen molar-refractivity contribution in [2.45, 2.75) is 63.8 Å². The molecule has 3 aliphatic carbocycles. The largest absolute Gasteiger partial charge is 0.393 e. The van der Waals surface area contributed by atoms with Gasteiger partial charge in [-0.15, -0.1) is 0 Å². The first-order chi connectivity index (χ1) is 8.32. The third-order valence-corrected chi connectivity index (χ3v) is 6.93. The summed E-state index contributed by atoms with van der Waals surface area (Å²) in [4.78, 5) is 0. The van der Waals surface area contributed by atoms with E-state index in [0.29, 0.717) is 17.3 Å². The lowest BCUT2D eigenvalue weighted by molar-refractivity contribution is -0.116. The standard InChI is InChI=1S/C15H24O3/c1-12(2)6-9-10(7-12)13(3)4-5-15(13)14(8-16,18-15)11(9)17/h9-11,16-17H,4-8H2,1-3H3/t9-,10-,11-,13+,14-,15+/m1/s1. The first-order valence-corrected chi connectivity index (χ1v) is 7.31. The zero-order valence-electron chi connectivity index (χ0n) is 11.6. The normalized spacial score (nSPS) is 63.5. The van der Waals surface area contributed by atoms with Gasteiger partial charge in [-0.3, -0.25) is 0 Å². The van der Waals surface area contributed by atoms with E-state index in [-0.39, 0.29) is 17.6 Å². The van der Waals surface area contributed by atoms with Crippen LogP contribution in [-0.2, 0) is 4.74 Å². The van der Waals surface area contributed by atoms with Gasteiger partial charge in [0.1, 0.15) is 11.2 Å². The second-order valence-corrected chi connectivity index (χ2v) is 8.18. The van der Waals surface area contributed by atoms with Gasteiger partial charge in [0, 0.05) is 5.41 Å². The number of fused-ring (bicyclic) bond motifs is 2. The fourth-order valence-electron chi connectivity index (χ4n) is 5.92. The van der Waals surface area contributed by atoms with Crippen molar-refractivity contribution in [2.24, 2.45) is 22.7 Å². The van der Waals surface area contributed by atoms with E-state index in [0.717, 1.165) is 12.8 Å². The maximum Gasteiger partial charge on any atom is 0.147 e. The lowest BCUT2D eigenvalue weighted by Crippen LogP contribution is -2.65. The van der Waals surface area contributed by atoms with Gasteiger partial charge < -0.3 is 14.9 Å². The number of ether oxygens (including phenoxy) is 1. The Morgan fingerprint density at radius 2 is 1.89 bits per heavy atom. The molecule has 6 atom stereocenters. The molecule has 3 saturated carbocycles. The van der Waals surface area contributed by atoms with E-state index in [9.17, 15) is 10.2 Å². The molecule has 4 fully saturated rings. The van der Waals surface area contributed by atoms with Gasteiger partial charge in [-0.05, 0) is 42.9 Å². The quantitative estimate of drug-likeness (QED) is 0.699. The molecule has 4 rings (SSSR count). The van der Waals surface area contributed by atoms with Crippen LogP contribution in [0.3, 0.4) is 0 Å². The monoisotopic (exact) mass is 252 g/mol. The molecule has 0 unspecified atom stereocenters. The minimum Gasteiger partial charge on any atom is -0.393 e. The van der Waals surface area contributed by atoms with Crippen LogP contribution in [0, 0.1) is 22.7 Å². The van der Waals surface area contributed by atoms with Crippen LogP contribution in [0.1, 0.15) is 46.5 Å². The Labute approximate surface area is 109 Å². The molecule has 102 valence electrons. The van der Waals surface area contributed by atoms with E-state index < -0.39 is 11.7 Å². The van der Waals surface area contributed by atoms with Gasteiger partial charge in [0.2, 0.25) is 0 Å². The van der Waals surface area contributed by atoms with E-state index in [2.05, 4.69) is 20.8 Å². The Balaban J connectivity index is 1.79. The van der Waals surface area contributed by atoms with E-state index in [1.165, 1.54) is 12.8 Å². The summed E-state index contributed by atoms with van der Waals surface area (Å²) in [5, 5.41) is 20.5. The molecule has 2 N–H and O–H groups in total. The maximum absolute atomic E-state index is 10.7. The SMILES string of the molecule is CC1(C)C[C@@H]2[C@@H](C1)[C@]1(C)CC[C@]13O[C@]3(CO)[C@@H]2O. The molecule has 0 aromatic rings. The van der Waals surface area contributed by atoms with Gasteiger partial charge in [-0.2, -0.15) is 0 Å². The van der Waals surface area contributed by atoms with Crippen LogP contribution in [-0.4, -0.2) is 34.1 Å². The molecule has 0 radical (unpaired) electrons. The Morgan fingerprint density at radius 3 is 2.44 bits per heavy atom. The summed E-state index contributed by atoms with van der Waals surface area (Å²) in [5.74, 6) is 0.881. The predicted octanol–water partition coefficient (Wildman–Crippen LogP) is 1.71. The van der Waals surface area contributed by atoms with Crippen LogP contribution in [0.4, 0.5) is 0 Å². The zero-order valence-corrected chi connectivity index (χ0v) is 11.6. The fourth-order valence-corrected chi connectivity index (χ4v) is 5.92. The molecule has 0 amide bonds. The van der Waals surface area contributed by atoms with Crippen molar-refractivity contribution in [3.8, 4) is 0 Å². The Morgan fingerprint density at radius 1 is 1.17 bits per heavy atom. The van der Waals surface area contributed by atoms with Gasteiger partial charge in [-0.1, -0.05) is 20.8 Å². The molecular weight excluding hydrogens is 228 g/mol. The topological polar surface area (TPSA) is 53.0 Å². The van der Waals surface area contributed by atoms with Crippen LogP contribution in [0.15, 0.2) is 0 Å². The highest BCUT2D eigenvalue weighted by atomic mass is 16.7. The van der Waals surface area contributed by atoms with Gasteiger partial charge >= 0.3 is 0 Å². The molecule has 0 bridgehead atoms. The average Bonchev–Trinajstić information content (AvgIpc) is 2.94. The summed E-state index contributed by atoms with van der Waals surface area (Å²) in [7, 11) is 0. The van der Waals surface area contributed by atoms with Crippen molar-refractivity contribution in [1.82, 2.24) is 0 Å². The molecular formula is C15H24O3. The molecule has 1 aliphatic heterocycles. The Hall–Kier alpha value is -0.120. The lowest BCUT2D eigenvalue weighted by Gasteiger charge is -2.57. The molecule has 1 heterocycles. The van der Waals surface area contributed by atoms with Gasteiger partial charge in [0.05, 0.1) is 12.7 Å². The summed E-state index contributed by atoms with van der Waals surface area (Å²) in [6.07, 6.45) is 4.00. The van der Waals surface area contributed by atoms with E-state index >= 15 is 0 Å². The second-order valence-electron chi connectivity index (χ2n) is 8.18. The maximum atomic E-state index is 10.7. The number of aliphatic hydroxyl groups is 2. The number of rotatable bonds is 1. The minimum absolute atomic E-state index is 0.0204. The number of hydrogen-bond acceptors (Lipinski definition) is 3. The summed E-state index contributed by atoms with van der Waals surface area (Å²) in [6, 6.07) is 0. The summed E-state index contributed by atoms with van der Waals surface area (Å²) >= 11 is 0. The van der Waals surface area contributed by atoms with Crippen LogP contribution in [0.5, 0.6) is 0 Å². The minimum atomic E-state index is -0.623. The summed E-state index contributed by atoms with van der Waals surface area (Å²) in [5.41, 5.74) is -0.311. The molecule has 3 heteroatoms.